The number of nitrogens with zero attached hydrogens (tertiary/aromatic N) is 5. The van der Waals surface area contributed by atoms with Gasteiger partial charge in [0.15, 0.2) is 5.65 Å². The second-order valence-electron chi connectivity index (χ2n) is 7.88. The van der Waals surface area contributed by atoms with Gasteiger partial charge in [0, 0.05) is 18.8 Å². The molecule has 0 radical (unpaired) electrons. The van der Waals surface area contributed by atoms with Crippen LogP contribution in [-0.4, -0.2) is 50.7 Å². The van der Waals surface area contributed by atoms with Gasteiger partial charge in [-0.1, -0.05) is 23.7 Å². The van der Waals surface area contributed by atoms with Crippen LogP contribution in [0.25, 0.3) is 16.4 Å². The standard InChI is InChI=1S/C23H25ClN6O/c1-16(27-21-7-9-25-20-8-10-26-30(20)21)19-15-17-5-4-6-18(24)22(17)23(28-19)31-14-13-29-11-2-3-12-29/h4-10,15-16,27H,2-3,11-14H2,1H3. The highest BCUT2D eigenvalue weighted by molar-refractivity contribution is 6.36. The first kappa shape index (κ1) is 20.0. The minimum Gasteiger partial charge on any atom is -0.476 e. The summed E-state index contributed by atoms with van der Waals surface area (Å²) < 4.78 is 7.95. The Morgan fingerprint density at radius 2 is 2.03 bits per heavy atom. The first-order chi connectivity index (χ1) is 15.2. The van der Waals surface area contributed by atoms with E-state index >= 15 is 0 Å². The van der Waals surface area contributed by atoms with Gasteiger partial charge >= 0.3 is 0 Å². The predicted molar refractivity (Wildman–Crippen MR) is 123 cm³/mol. The van der Waals surface area contributed by atoms with Crippen molar-refractivity contribution in [1.29, 1.82) is 0 Å². The van der Waals surface area contributed by atoms with Crippen molar-refractivity contribution < 1.29 is 4.74 Å². The third-order valence-electron chi connectivity index (χ3n) is 5.74. The lowest BCUT2D eigenvalue weighted by atomic mass is 10.1. The third-order valence-corrected chi connectivity index (χ3v) is 6.05. The van der Waals surface area contributed by atoms with E-state index in [0.717, 1.165) is 47.6 Å². The maximum atomic E-state index is 6.52. The first-order valence-corrected chi connectivity index (χ1v) is 11.1. The average molecular weight is 437 g/mol. The van der Waals surface area contributed by atoms with Gasteiger partial charge in [0.1, 0.15) is 12.4 Å². The molecule has 1 unspecified atom stereocenters. The average Bonchev–Trinajstić information content (AvgIpc) is 3.46. The second kappa shape index (κ2) is 8.69. The molecular weight excluding hydrogens is 412 g/mol. The number of anilines is 1. The Morgan fingerprint density at radius 3 is 2.90 bits per heavy atom. The van der Waals surface area contributed by atoms with Crippen LogP contribution in [0.4, 0.5) is 5.82 Å². The molecule has 1 saturated heterocycles. The Kier molecular flexibility index (Phi) is 5.61. The number of ether oxygens (including phenoxy) is 1. The van der Waals surface area contributed by atoms with Crippen LogP contribution >= 0.6 is 11.6 Å². The molecular formula is C23H25ClN6O. The van der Waals surface area contributed by atoms with E-state index in [2.05, 4.69) is 33.3 Å². The van der Waals surface area contributed by atoms with Crippen LogP contribution in [0, 0.1) is 0 Å². The molecule has 7 nitrogen and oxygen atoms in total. The van der Waals surface area contributed by atoms with Gasteiger partial charge in [-0.25, -0.2) is 9.97 Å². The topological polar surface area (TPSA) is 67.6 Å². The first-order valence-electron chi connectivity index (χ1n) is 10.7. The van der Waals surface area contributed by atoms with Gasteiger partial charge in [-0.15, -0.1) is 0 Å². The van der Waals surface area contributed by atoms with Gasteiger partial charge < -0.3 is 10.1 Å². The van der Waals surface area contributed by atoms with Gasteiger partial charge in [-0.2, -0.15) is 9.61 Å². The van der Waals surface area contributed by atoms with Crippen molar-refractivity contribution in [2.45, 2.75) is 25.8 Å². The van der Waals surface area contributed by atoms with Gasteiger partial charge in [-0.3, -0.25) is 4.90 Å². The number of halogens is 1. The van der Waals surface area contributed by atoms with Crippen LogP contribution in [-0.2, 0) is 0 Å². The Labute approximate surface area is 186 Å². The van der Waals surface area contributed by atoms with E-state index in [9.17, 15) is 0 Å². The van der Waals surface area contributed by atoms with Gasteiger partial charge in [-0.05, 0) is 56.4 Å². The van der Waals surface area contributed by atoms with Crippen LogP contribution in [0.5, 0.6) is 5.88 Å². The summed E-state index contributed by atoms with van der Waals surface area (Å²) in [5, 5.41) is 10.4. The van der Waals surface area contributed by atoms with E-state index in [1.54, 1.807) is 16.9 Å². The molecule has 0 bridgehead atoms. The highest BCUT2D eigenvalue weighted by Crippen LogP contribution is 2.33. The van der Waals surface area contributed by atoms with Crippen LogP contribution in [0.1, 0.15) is 31.5 Å². The highest BCUT2D eigenvalue weighted by Gasteiger charge is 2.17. The molecule has 1 aromatic carbocycles. The normalized spacial score (nSPS) is 15.5. The lowest BCUT2D eigenvalue weighted by molar-refractivity contribution is 0.233. The minimum absolute atomic E-state index is 0.0703. The Morgan fingerprint density at radius 1 is 1.16 bits per heavy atom. The summed E-state index contributed by atoms with van der Waals surface area (Å²) in [5.74, 6) is 1.44. The van der Waals surface area contributed by atoms with Crippen molar-refractivity contribution in [3.63, 3.8) is 0 Å². The number of hydrogen-bond donors (Lipinski definition) is 1. The van der Waals surface area contributed by atoms with E-state index < -0.39 is 0 Å². The van der Waals surface area contributed by atoms with E-state index in [1.165, 1.54) is 12.8 Å². The van der Waals surface area contributed by atoms with Gasteiger partial charge in [0.2, 0.25) is 5.88 Å². The zero-order valence-corrected chi connectivity index (χ0v) is 18.2. The van der Waals surface area contributed by atoms with Crippen molar-refractivity contribution in [2.24, 2.45) is 0 Å². The summed E-state index contributed by atoms with van der Waals surface area (Å²) in [6, 6.07) is 11.7. The SMILES string of the molecule is CC(Nc1ccnc2ccnn12)c1cc2cccc(Cl)c2c(OCCN2CCCC2)n1. The lowest BCUT2D eigenvalue weighted by Gasteiger charge is -2.19. The number of nitrogens with one attached hydrogen (secondary N) is 1. The van der Waals surface area contributed by atoms with E-state index in [0.29, 0.717) is 17.5 Å². The number of rotatable bonds is 7. The molecule has 1 fully saturated rings. The fourth-order valence-corrected chi connectivity index (χ4v) is 4.36. The van der Waals surface area contributed by atoms with Crippen LogP contribution in [0.3, 0.4) is 0 Å². The highest BCUT2D eigenvalue weighted by atomic mass is 35.5. The molecule has 1 N–H and O–H groups in total. The zero-order valence-electron chi connectivity index (χ0n) is 17.5. The van der Waals surface area contributed by atoms with E-state index in [1.807, 2.05) is 30.3 Å². The van der Waals surface area contributed by atoms with Crippen LogP contribution < -0.4 is 10.1 Å². The van der Waals surface area contributed by atoms with Crippen molar-refractivity contribution in [3.8, 4) is 5.88 Å². The van der Waals surface area contributed by atoms with Crippen molar-refractivity contribution in [3.05, 3.63) is 59.5 Å². The van der Waals surface area contributed by atoms with Gasteiger partial charge in [0.05, 0.1) is 28.3 Å². The smallest absolute Gasteiger partial charge is 0.223 e. The predicted octanol–water partition coefficient (Wildman–Crippen LogP) is 4.58. The van der Waals surface area contributed by atoms with E-state index in [4.69, 9.17) is 21.3 Å². The summed E-state index contributed by atoms with van der Waals surface area (Å²) in [6.45, 7) is 5.86. The molecule has 0 amide bonds. The molecule has 4 heterocycles. The molecule has 1 aliphatic rings. The molecule has 160 valence electrons. The number of fused-ring (bicyclic) bond motifs is 2. The molecule has 4 aromatic rings. The molecule has 8 heteroatoms. The molecule has 5 rings (SSSR count). The maximum Gasteiger partial charge on any atom is 0.223 e. The lowest BCUT2D eigenvalue weighted by Crippen LogP contribution is -2.25. The Bertz CT molecular complexity index is 1200. The molecule has 0 aliphatic carbocycles. The monoisotopic (exact) mass is 436 g/mol. The number of benzene rings is 1. The number of hydrogen-bond acceptors (Lipinski definition) is 6. The van der Waals surface area contributed by atoms with E-state index in [-0.39, 0.29) is 6.04 Å². The molecule has 0 spiro atoms. The number of pyridine rings is 1. The number of likely N-dealkylation sites (tertiary alicyclic amines) is 1. The van der Waals surface area contributed by atoms with Gasteiger partial charge in [0.25, 0.3) is 0 Å². The van der Waals surface area contributed by atoms with Crippen LogP contribution in [0.15, 0.2) is 48.8 Å². The molecule has 3 aromatic heterocycles. The molecule has 31 heavy (non-hydrogen) atoms. The fourth-order valence-electron chi connectivity index (χ4n) is 4.10. The Balaban J connectivity index is 1.43. The van der Waals surface area contributed by atoms with Crippen LogP contribution in [0.2, 0.25) is 5.02 Å². The molecule has 1 aliphatic heterocycles. The van der Waals surface area contributed by atoms with Crippen molar-refractivity contribution >= 4 is 33.8 Å². The zero-order chi connectivity index (χ0) is 21.2. The Hall–Kier alpha value is -2.90. The largest absolute Gasteiger partial charge is 0.476 e. The summed E-state index contributed by atoms with van der Waals surface area (Å²) >= 11 is 6.52. The van der Waals surface area contributed by atoms with Crippen molar-refractivity contribution in [1.82, 2.24) is 24.5 Å². The summed E-state index contributed by atoms with van der Waals surface area (Å²) in [6.07, 6.45) is 6.04. The fraction of sp³-hybridized carbons (Fsp3) is 0.348. The molecule has 1 atom stereocenters. The summed E-state index contributed by atoms with van der Waals surface area (Å²) in [4.78, 5) is 11.6. The minimum atomic E-state index is -0.0703. The second-order valence-corrected chi connectivity index (χ2v) is 8.29. The molecule has 0 saturated carbocycles. The van der Waals surface area contributed by atoms with Crippen molar-refractivity contribution in [2.75, 3.05) is 31.6 Å². The third kappa shape index (κ3) is 4.16. The number of aromatic nitrogens is 4. The quantitative estimate of drug-likeness (QED) is 0.457. The summed E-state index contributed by atoms with van der Waals surface area (Å²) in [5.41, 5.74) is 1.67. The summed E-state index contributed by atoms with van der Waals surface area (Å²) in [7, 11) is 0. The maximum absolute atomic E-state index is 6.52.